The number of nitrogens with zero attached hydrogens (tertiary/aromatic N) is 1. The lowest BCUT2D eigenvalue weighted by molar-refractivity contribution is -0.136. The van der Waals surface area contributed by atoms with E-state index in [2.05, 4.69) is 0 Å². The summed E-state index contributed by atoms with van der Waals surface area (Å²) in [4.78, 5) is 13.9. The van der Waals surface area contributed by atoms with Crippen molar-refractivity contribution in [3.05, 3.63) is 30.3 Å². The van der Waals surface area contributed by atoms with Crippen LogP contribution in [-0.2, 0) is 4.79 Å². The number of anilines is 1. The van der Waals surface area contributed by atoms with E-state index in [4.69, 9.17) is 0 Å². The minimum absolute atomic E-state index is 0.0347. The number of aliphatic hydroxyl groups excluding tert-OH is 1. The third-order valence-corrected chi connectivity index (χ3v) is 3.52. The molecule has 1 amide bonds. The molecule has 0 bridgehead atoms. The summed E-state index contributed by atoms with van der Waals surface area (Å²) in [5.74, 6) is 0.0347. The van der Waals surface area contributed by atoms with Crippen molar-refractivity contribution in [1.29, 1.82) is 0 Å². The lowest BCUT2D eigenvalue weighted by atomic mass is 9.68. The van der Waals surface area contributed by atoms with Crippen LogP contribution in [-0.4, -0.2) is 24.7 Å². The number of benzene rings is 1. The lowest BCUT2D eigenvalue weighted by Crippen LogP contribution is -2.49. The van der Waals surface area contributed by atoms with Gasteiger partial charge in [0.25, 0.3) is 0 Å². The van der Waals surface area contributed by atoms with Crippen molar-refractivity contribution in [2.24, 2.45) is 5.41 Å². The summed E-state index contributed by atoms with van der Waals surface area (Å²) in [5.41, 5.74) is 0.372. The maximum absolute atomic E-state index is 12.2. The van der Waals surface area contributed by atoms with E-state index in [0.717, 1.165) is 24.9 Å². The molecule has 1 aromatic rings. The summed E-state index contributed by atoms with van der Waals surface area (Å²) in [6.45, 7) is -0.0387. The van der Waals surface area contributed by atoms with Crippen molar-refractivity contribution in [1.82, 2.24) is 0 Å². The Morgan fingerprint density at radius 2 is 2.00 bits per heavy atom. The predicted molar refractivity (Wildman–Crippen MR) is 63.2 cm³/mol. The van der Waals surface area contributed by atoms with E-state index in [-0.39, 0.29) is 12.5 Å². The molecule has 0 unspecified atom stereocenters. The molecule has 0 heterocycles. The predicted octanol–water partition coefficient (Wildman–Crippen LogP) is 1.81. The van der Waals surface area contributed by atoms with Crippen molar-refractivity contribution >= 4 is 11.6 Å². The van der Waals surface area contributed by atoms with Gasteiger partial charge in [0.1, 0.15) is 0 Å². The molecule has 0 saturated heterocycles. The Bertz CT molecular complexity index is 365. The van der Waals surface area contributed by atoms with Gasteiger partial charge in [-0.25, -0.2) is 0 Å². The van der Waals surface area contributed by atoms with Crippen molar-refractivity contribution < 1.29 is 9.90 Å². The van der Waals surface area contributed by atoms with Gasteiger partial charge in [-0.3, -0.25) is 4.79 Å². The quantitative estimate of drug-likeness (QED) is 0.842. The number of aliphatic hydroxyl groups is 1. The molecule has 0 aromatic heterocycles. The molecule has 3 nitrogen and oxygen atoms in total. The molecule has 0 atom stereocenters. The molecule has 1 saturated carbocycles. The number of carbonyl (C=O) groups is 1. The van der Waals surface area contributed by atoms with Crippen molar-refractivity contribution in [3.8, 4) is 0 Å². The van der Waals surface area contributed by atoms with Crippen LogP contribution in [0.25, 0.3) is 0 Å². The summed E-state index contributed by atoms with van der Waals surface area (Å²) in [6, 6.07) is 9.55. The minimum Gasteiger partial charge on any atom is -0.395 e. The van der Waals surface area contributed by atoms with Crippen molar-refractivity contribution in [2.75, 3.05) is 18.6 Å². The third-order valence-electron chi connectivity index (χ3n) is 3.52. The highest BCUT2D eigenvalue weighted by Crippen LogP contribution is 2.42. The molecule has 1 aliphatic carbocycles. The first kappa shape index (κ1) is 11.1. The fourth-order valence-electron chi connectivity index (χ4n) is 2.17. The maximum Gasteiger partial charge on any atom is 0.235 e. The van der Waals surface area contributed by atoms with Crippen LogP contribution in [0.4, 0.5) is 5.69 Å². The molecule has 1 N–H and O–H groups in total. The molecule has 16 heavy (non-hydrogen) atoms. The van der Waals surface area contributed by atoms with Crippen LogP contribution in [0.5, 0.6) is 0 Å². The topological polar surface area (TPSA) is 40.5 Å². The van der Waals surface area contributed by atoms with Gasteiger partial charge in [-0.2, -0.15) is 0 Å². The Kier molecular flexibility index (Phi) is 2.97. The fraction of sp³-hybridized carbons (Fsp3) is 0.462. The van der Waals surface area contributed by atoms with Gasteiger partial charge in [-0.1, -0.05) is 24.6 Å². The number of amides is 1. The molecule has 1 aliphatic rings. The van der Waals surface area contributed by atoms with Gasteiger partial charge in [0.05, 0.1) is 12.0 Å². The second kappa shape index (κ2) is 4.26. The van der Waals surface area contributed by atoms with E-state index in [1.807, 2.05) is 30.3 Å². The van der Waals surface area contributed by atoms with Gasteiger partial charge >= 0.3 is 0 Å². The maximum atomic E-state index is 12.2. The van der Waals surface area contributed by atoms with Gasteiger partial charge in [-0.15, -0.1) is 0 Å². The molecular weight excluding hydrogens is 202 g/mol. The Morgan fingerprint density at radius 3 is 2.44 bits per heavy atom. The van der Waals surface area contributed by atoms with Crippen LogP contribution in [0.3, 0.4) is 0 Å². The van der Waals surface area contributed by atoms with E-state index >= 15 is 0 Å². The summed E-state index contributed by atoms with van der Waals surface area (Å²) < 4.78 is 0. The molecule has 86 valence electrons. The number of carbonyl (C=O) groups excluding carboxylic acids is 1. The highest BCUT2D eigenvalue weighted by Gasteiger charge is 2.45. The zero-order chi connectivity index (χ0) is 11.6. The SMILES string of the molecule is CN(C(=O)C1(CO)CCC1)c1ccccc1. The number of hydrogen-bond acceptors (Lipinski definition) is 2. The van der Waals surface area contributed by atoms with Crippen LogP contribution in [0.15, 0.2) is 30.3 Å². The number of hydrogen-bond donors (Lipinski definition) is 1. The Balaban J connectivity index is 2.16. The second-order valence-electron chi connectivity index (χ2n) is 4.49. The summed E-state index contributed by atoms with van der Waals surface area (Å²) >= 11 is 0. The van der Waals surface area contributed by atoms with E-state index in [0.29, 0.717) is 0 Å². The van der Waals surface area contributed by atoms with Gasteiger partial charge in [-0.05, 0) is 25.0 Å². The Morgan fingerprint density at radius 1 is 1.38 bits per heavy atom. The summed E-state index contributed by atoms with van der Waals surface area (Å²) in [6.07, 6.45) is 2.65. The van der Waals surface area contributed by atoms with Crippen LogP contribution < -0.4 is 4.90 Å². The van der Waals surface area contributed by atoms with E-state index in [1.165, 1.54) is 0 Å². The first-order valence-corrected chi connectivity index (χ1v) is 5.64. The Hall–Kier alpha value is -1.35. The second-order valence-corrected chi connectivity index (χ2v) is 4.49. The van der Waals surface area contributed by atoms with Crippen LogP contribution >= 0.6 is 0 Å². The summed E-state index contributed by atoms with van der Waals surface area (Å²) in [7, 11) is 1.77. The standard InChI is InChI=1S/C13H17NO2/c1-14(11-6-3-2-4-7-11)12(16)13(10-15)8-5-9-13/h2-4,6-7,15H,5,8-10H2,1H3. The van der Waals surface area contributed by atoms with Crippen molar-refractivity contribution in [2.45, 2.75) is 19.3 Å². The largest absolute Gasteiger partial charge is 0.395 e. The molecule has 3 heteroatoms. The van der Waals surface area contributed by atoms with Gasteiger partial charge in [0.2, 0.25) is 5.91 Å². The first-order chi connectivity index (χ1) is 7.69. The van der Waals surface area contributed by atoms with Gasteiger partial charge < -0.3 is 10.0 Å². The molecule has 0 radical (unpaired) electrons. The highest BCUT2D eigenvalue weighted by atomic mass is 16.3. The number of para-hydroxylation sites is 1. The molecule has 1 fully saturated rings. The fourth-order valence-corrected chi connectivity index (χ4v) is 2.17. The van der Waals surface area contributed by atoms with Gasteiger partial charge in [0.15, 0.2) is 0 Å². The Labute approximate surface area is 95.7 Å². The minimum atomic E-state index is -0.509. The van der Waals surface area contributed by atoms with Gasteiger partial charge in [0, 0.05) is 12.7 Å². The molecule has 0 aliphatic heterocycles. The normalized spacial score (nSPS) is 17.6. The van der Waals surface area contributed by atoms with Crippen LogP contribution in [0.1, 0.15) is 19.3 Å². The smallest absolute Gasteiger partial charge is 0.235 e. The molecular formula is C13H17NO2. The first-order valence-electron chi connectivity index (χ1n) is 5.64. The average Bonchev–Trinajstić information content (AvgIpc) is 2.28. The lowest BCUT2D eigenvalue weighted by Gasteiger charge is -2.41. The van der Waals surface area contributed by atoms with E-state index in [9.17, 15) is 9.90 Å². The zero-order valence-electron chi connectivity index (χ0n) is 9.52. The third kappa shape index (κ3) is 1.71. The highest BCUT2D eigenvalue weighted by molar-refractivity contribution is 5.97. The molecule has 2 rings (SSSR count). The molecule has 0 spiro atoms. The van der Waals surface area contributed by atoms with Crippen molar-refractivity contribution in [3.63, 3.8) is 0 Å². The van der Waals surface area contributed by atoms with Crippen LogP contribution in [0.2, 0.25) is 0 Å². The van der Waals surface area contributed by atoms with E-state index in [1.54, 1.807) is 11.9 Å². The molecule has 1 aromatic carbocycles. The monoisotopic (exact) mass is 219 g/mol. The number of rotatable bonds is 3. The average molecular weight is 219 g/mol. The van der Waals surface area contributed by atoms with Crippen LogP contribution in [0, 0.1) is 5.41 Å². The summed E-state index contributed by atoms with van der Waals surface area (Å²) in [5, 5.41) is 9.36. The van der Waals surface area contributed by atoms with E-state index < -0.39 is 5.41 Å². The zero-order valence-corrected chi connectivity index (χ0v) is 9.52.